The van der Waals surface area contributed by atoms with Gasteiger partial charge in [0.15, 0.2) is 0 Å². The molecular weight excluding hydrogens is 338 g/mol. The standard InChI is InChI=1S/C22H31N3O2/c1-23(2)20(26)15-17-16-22(19-8-4-3-7-18(17)19)9-13-25(14-10-22)21(27)24-11-5-6-12-24/h3-4,7-8,17H,5-6,9-16H2,1-2H3/t17-/m0/s1. The molecule has 2 saturated heterocycles. The Morgan fingerprint density at radius 3 is 2.33 bits per heavy atom. The van der Waals surface area contributed by atoms with E-state index in [1.54, 1.807) is 4.90 Å². The fourth-order valence-electron chi connectivity index (χ4n) is 5.31. The van der Waals surface area contributed by atoms with Crippen molar-refractivity contribution in [1.29, 1.82) is 0 Å². The van der Waals surface area contributed by atoms with Crippen LogP contribution in [0.2, 0.25) is 0 Å². The number of rotatable bonds is 2. The van der Waals surface area contributed by atoms with Crippen molar-refractivity contribution >= 4 is 11.9 Å². The van der Waals surface area contributed by atoms with E-state index >= 15 is 0 Å². The highest BCUT2D eigenvalue weighted by molar-refractivity contribution is 5.77. The molecule has 3 amide bonds. The predicted octanol–water partition coefficient (Wildman–Crippen LogP) is 3.20. The minimum absolute atomic E-state index is 0.135. The Kier molecular flexibility index (Phi) is 4.87. The Hall–Kier alpha value is -2.04. The maximum atomic E-state index is 12.7. The van der Waals surface area contributed by atoms with Crippen molar-refractivity contribution in [2.75, 3.05) is 40.3 Å². The third-order valence-electron chi connectivity index (χ3n) is 6.90. The van der Waals surface area contributed by atoms with Crippen LogP contribution in [0.3, 0.4) is 0 Å². The first-order valence-electron chi connectivity index (χ1n) is 10.3. The molecule has 0 bridgehead atoms. The van der Waals surface area contributed by atoms with Crippen molar-refractivity contribution in [2.24, 2.45) is 0 Å². The summed E-state index contributed by atoms with van der Waals surface area (Å²) in [6.07, 6.45) is 5.92. The summed E-state index contributed by atoms with van der Waals surface area (Å²) in [5.41, 5.74) is 2.91. The molecule has 0 unspecified atom stereocenters. The van der Waals surface area contributed by atoms with Gasteiger partial charge in [-0.25, -0.2) is 4.79 Å². The van der Waals surface area contributed by atoms with E-state index in [1.165, 1.54) is 11.1 Å². The fourth-order valence-corrected chi connectivity index (χ4v) is 5.31. The first-order chi connectivity index (χ1) is 13.0. The number of likely N-dealkylation sites (tertiary alicyclic amines) is 2. The zero-order valence-corrected chi connectivity index (χ0v) is 16.6. The van der Waals surface area contributed by atoms with Crippen molar-refractivity contribution in [3.8, 4) is 0 Å². The summed E-state index contributed by atoms with van der Waals surface area (Å²) >= 11 is 0. The van der Waals surface area contributed by atoms with Crippen LogP contribution in [0.15, 0.2) is 24.3 Å². The van der Waals surface area contributed by atoms with Crippen LogP contribution in [-0.2, 0) is 10.2 Å². The summed E-state index contributed by atoms with van der Waals surface area (Å²) < 4.78 is 0. The van der Waals surface area contributed by atoms with Crippen LogP contribution in [0.25, 0.3) is 0 Å². The summed E-state index contributed by atoms with van der Waals surface area (Å²) in [5, 5.41) is 0. The summed E-state index contributed by atoms with van der Waals surface area (Å²) in [4.78, 5) is 30.8. The first-order valence-corrected chi connectivity index (χ1v) is 10.3. The van der Waals surface area contributed by atoms with E-state index in [1.807, 2.05) is 19.0 Å². The van der Waals surface area contributed by atoms with Gasteiger partial charge in [-0.05, 0) is 54.6 Å². The zero-order chi connectivity index (χ0) is 19.0. The SMILES string of the molecule is CN(C)C(=O)C[C@H]1CC2(CCN(C(=O)N3CCCC3)CC2)c2ccccc21. The largest absolute Gasteiger partial charge is 0.349 e. The Bertz CT molecular complexity index is 716. The number of urea groups is 1. The minimum Gasteiger partial charge on any atom is -0.349 e. The van der Waals surface area contributed by atoms with Gasteiger partial charge in [0.25, 0.3) is 0 Å². The molecule has 5 nitrogen and oxygen atoms in total. The van der Waals surface area contributed by atoms with E-state index in [9.17, 15) is 9.59 Å². The Morgan fingerprint density at radius 1 is 1.04 bits per heavy atom. The van der Waals surface area contributed by atoms with Gasteiger partial charge in [-0.1, -0.05) is 24.3 Å². The lowest BCUT2D eigenvalue weighted by molar-refractivity contribution is -0.129. The summed E-state index contributed by atoms with van der Waals surface area (Å²) in [6.45, 7) is 3.49. The van der Waals surface area contributed by atoms with Gasteiger partial charge < -0.3 is 14.7 Å². The van der Waals surface area contributed by atoms with E-state index in [0.717, 1.165) is 58.3 Å². The highest BCUT2D eigenvalue weighted by Gasteiger charge is 2.46. The molecule has 0 saturated carbocycles. The number of carbonyl (C=O) groups is 2. The topological polar surface area (TPSA) is 43.9 Å². The molecule has 4 rings (SSSR count). The molecule has 0 N–H and O–H groups in total. The zero-order valence-electron chi connectivity index (χ0n) is 16.6. The molecule has 1 aromatic carbocycles. The molecule has 1 aromatic rings. The number of carbonyl (C=O) groups excluding carboxylic acids is 2. The molecule has 1 aliphatic carbocycles. The first kappa shape index (κ1) is 18.3. The highest BCUT2D eigenvalue weighted by atomic mass is 16.2. The molecule has 1 spiro atoms. The molecular formula is C22H31N3O2. The van der Waals surface area contributed by atoms with Gasteiger partial charge in [-0.15, -0.1) is 0 Å². The average Bonchev–Trinajstić information content (AvgIpc) is 3.30. The van der Waals surface area contributed by atoms with Gasteiger partial charge >= 0.3 is 6.03 Å². The monoisotopic (exact) mass is 369 g/mol. The number of piperidine rings is 1. The van der Waals surface area contributed by atoms with Crippen LogP contribution in [0, 0.1) is 0 Å². The molecule has 2 fully saturated rings. The summed E-state index contributed by atoms with van der Waals surface area (Å²) in [7, 11) is 3.67. The second-order valence-electron chi connectivity index (χ2n) is 8.72. The van der Waals surface area contributed by atoms with Crippen molar-refractivity contribution in [3.05, 3.63) is 35.4 Å². The van der Waals surface area contributed by atoms with Gasteiger partial charge in [0.05, 0.1) is 0 Å². The van der Waals surface area contributed by atoms with Gasteiger partial charge in [0.2, 0.25) is 5.91 Å². The normalized spacial score (nSPS) is 23.6. The van der Waals surface area contributed by atoms with Gasteiger partial charge in [0.1, 0.15) is 0 Å². The smallest absolute Gasteiger partial charge is 0.319 e. The Morgan fingerprint density at radius 2 is 1.67 bits per heavy atom. The predicted molar refractivity (Wildman–Crippen MR) is 106 cm³/mol. The molecule has 2 aliphatic heterocycles. The molecule has 0 aromatic heterocycles. The molecule has 0 radical (unpaired) electrons. The van der Waals surface area contributed by atoms with E-state index in [2.05, 4.69) is 29.2 Å². The van der Waals surface area contributed by atoms with Crippen LogP contribution < -0.4 is 0 Å². The number of amides is 3. The quantitative estimate of drug-likeness (QED) is 0.803. The Labute approximate surface area is 162 Å². The maximum absolute atomic E-state index is 12.7. The molecule has 2 heterocycles. The van der Waals surface area contributed by atoms with Gasteiger partial charge in [0, 0.05) is 46.7 Å². The lowest BCUT2D eigenvalue weighted by Gasteiger charge is -2.41. The molecule has 3 aliphatic rings. The highest BCUT2D eigenvalue weighted by Crippen LogP contribution is 2.52. The fraction of sp³-hybridized carbons (Fsp3) is 0.636. The number of benzene rings is 1. The van der Waals surface area contributed by atoms with Crippen LogP contribution >= 0.6 is 0 Å². The van der Waals surface area contributed by atoms with Crippen molar-refractivity contribution in [2.45, 2.75) is 49.9 Å². The lowest BCUT2D eigenvalue weighted by Crippen LogP contribution is -2.49. The summed E-state index contributed by atoms with van der Waals surface area (Å²) in [6, 6.07) is 8.91. The van der Waals surface area contributed by atoms with E-state index < -0.39 is 0 Å². The van der Waals surface area contributed by atoms with Crippen LogP contribution in [0.1, 0.15) is 55.6 Å². The van der Waals surface area contributed by atoms with Gasteiger partial charge in [-0.2, -0.15) is 0 Å². The average molecular weight is 370 g/mol. The van der Waals surface area contributed by atoms with Crippen LogP contribution in [0.4, 0.5) is 4.79 Å². The molecule has 27 heavy (non-hydrogen) atoms. The minimum atomic E-state index is 0.135. The number of nitrogens with zero attached hydrogens (tertiary/aromatic N) is 3. The maximum Gasteiger partial charge on any atom is 0.319 e. The van der Waals surface area contributed by atoms with Crippen LogP contribution in [-0.4, -0.2) is 66.9 Å². The van der Waals surface area contributed by atoms with Crippen molar-refractivity contribution < 1.29 is 9.59 Å². The van der Waals surface area contributed by atoms with E-state index in [-0.39, 0.29) is 17.4 Å². The van der Waals surface area contributed by atoms with Crippen molar-refractivity contribution in [1.82, 2.24) is 14.7 Å². The summed E-state index contributed by atoms with van der Waals surface area (Å²) in [5.74, 6) is 0.505. The lowest BCUT2D eigenvalue weighted by atomic mass is 9.73. The molecule has 1 atom stereocenters. The molecule has 146 valence electrons. The third kappa shape index (κ3) is 3.32. The van der Waals surface area contributed by atoms with E-state index in [0.29, 0.717) is 12.3 Å². The van der Waals surface area contributed by atoms with Crippen LogP contribution in [0.5, 0.6) is 0 Å². The van der Waals surface area contributed by atoms with Gasteiger partial charge in [-0.3, -0.25) is 4.79 Å². The molecule has 5 heteroatoms. The Balaban J connectivity index is 1.49. The third-order valence-corrected chi connectivity index (χ3v) is 6.90. The van der Waals surface area contributed by atoms with Crippen molar-refractivity contribution in [3.63, 3.8) is 0 Å². The number of fused-ring (bicyclic) bond motifs is 2. The van der Waals surface area contributed by atoms with E-state index in [4.69, 9.17) is 0 Å². The second kappa shape index (κ2) is 7.17. The number of hydrogen-bond donors (Lipinski definition) is 0. The second-order valence-corrected chi connectivity index (χ2v) is 8.72. The number of hydrogen-bond acceptors (Lipinski definition) is 2.